The highest BCUT2D eigenvalue weighted by Crippen LogP contribution is 2.12. The first-order chi connectivity index (χ1) is 9.11. The van der Waals surface area contributed by atoms with E-state index < -0.39 is 0 Å². The molecule has 0 aliphatic heterocycles. The van der Waals surface area contributed by atoms with E-state index in [1.807, 2.05) is 6.92 Å². The number of nitrogens with zero attached hydrogens (tertiary/aromatic N) is 1. The zero-order chi connectivity index (χ0) is 14.1. The highest BCUT2D eigenvalue weighted by atomic mass is 127. The summed E-state index contributed by atoms with van der Waals surface area (Å²) in [6.45, 7) is 5.31. The minimum atomic E-state index is -0.276. The summed E-state index contributed by atoms with van der Waals surface area (Å²) in [5.74, 6) is 0.784. The van der Waals surface area contributed by atoms with E-state index in [2.05, 4.69) is 17.2 Å². The molecule has 4 nitrogen and oxygen atoms in total. The summed E-state index contributed by atoms with van der Waals surface area (Å²) in [4.78, 5) is 4.19. The van der Waals surface area contributed by atoms with Crippen LogP contribution in [0.2, 0.25) is 0 Å². The number of benzene rings is 1. The molecule has 6 heteroatoms. The van der Waals surface area contributed by atoms with Crippen molar-refractivity contribution in [3.63, 3.8) is 0 Å². The highest BCUT2D eigenvalue weighted by molar-refractivity contribution is 14.0. The fourth-order valence-corrected chi connectivity index (χ4v) is 1.46. The van der Waals surface area contributed by atoms with Crippen molar-refractivity contribution in [2.45, 2.75) is 32.8 Å². The van der Waals surface area contributed by atoms with E-state index in [0.29, 0.717) is 18.3 Å². The van der Waals surface area contributed by atoms with Gasteiger partial charge in [0.2, 0.25) is 0 Å². The van der Waals surface area contributed by atoms with E-state index >= 15 is 0 Å². The highest BCUT2D eigenvalue weighted by Gasteiger charge is 2.03. The van der Waals surface area contributed by atoms with Crippen molar-refractivity contribution in [3.05, 3.63) is 30.1 Å². The molecule has 0 aromatic heterocycles. The van der Waals surface area contributed by atoms with Crippen LogP contribution in [-0.2, 0) is 0 Å². The lowest BCUT2D eigenvalue weighted by Crippen LogP contribution is -2.33. The van der Waals surface area contributed by atoms with Crippen molar-refractivity contribution >= 4 is 29.9 Å². The quantitative estimate of drug-likeness (QED) is 0.323. The van der Waals surface area contributed by atoms with Crippen molar-refractivity contribution in [2.24, 2.45) is 10.7 Å². The summed E-state index contributed by atoms with van der Waals surface area (Å²) in [7, 11) is 0. The number of hydrogen-bond donors (Lipinski definition) is 2. The van der Waals surface area contributed by atoms with Gasteiger partial charge in [0, 0.05) is 6.54 Å². The van der Waals surface area contributed by atoms with Gasteiger partial charge in [0.1, 0.15) is 17.7 Å². The zero-order valence-corrected chi connectivity index (χ0v) is 14.3. The molecule has 0 aliphatic carbocycles. The molecule has 114 valence electrons. The van der Waals surface area contributed by atoms with Gasteiger partial charge in [-0.1, -0.05) is 13.3 Å². The van der Waals surface area contributed by atoms with Gasteiger partial charge in [-0.2, -0.15) is 0 Å². The van der Waals surface area contributed by atoms with Crippen LogP contribution in [0.5, 0.6) is 5.75 Å². The predicted molar refractivity (Wildman–Crippen MR) is 91.3 cm³/mol. The van der Waals surface area contributed by atoms with E-state index in [1.165, 1.54) is 12.1 Å². The van der Waals surface area contributed by atoms with Gasteiger partial charge in [0.15, 0.2) is 5.96 Å². The van der Waals surface area contributed by atoms with Crippen molar-refractivity contribution in [2.75, 3.05) is 13.1 Å². The maximum atomic E-state index is 12.7. The van der Waals surface area contributed by atoms with Crippen LogP contribution < -0.4 is 15.8 Å². The first-order valence-electron chi connectivity index (χ1n) is 6.57. The van der Waals surface area contributed by atoms with Gasteiger partial charge in [0.25, 0.3) is 0 Å². The van der Waals surface area contributed by atoms with E-state index in [-0.39, 0.29) is 35.9 Å². The molecule has 0 saturated carbocycles. The molecular formula is C14H23FIN3O. The Kier molecular flexibility index (Phi) is 10.1. The molecular weight excluding hydrogens is 372 g/mol. The third kappa shape index (κ3) is 8.19. The molecule has 0 aliphatic rings. The standard InChI is InChI=1S/C14H22FN3O.HI/c1-3-4-9-17-14(16)18-10-11(2)19-13-7-5-12(15)6-8-13;/h5-8,11H,3-4,9-10H2,1-2H3,(H3,16,17,18);1H. The monoisotopic (exact) mass is 395 g/mol. The smallest absolute Gasteiger partial charge is 0.188 e. The van der Waals surface area contributed by atoms with E-state index in [4.69, 9.17) is 10.5 Å². The summed E-state index contributed by atoms with van der Waals surface area (Å²) >= 11 is 0. The Morgan fingerprint density at radius 3 is 2.65 bits per heavy atom. The van der Waals surface area contributed by atoms with Gasteiger partial charge < -0.3 is 15.8 Å². The van der Waals surface area contributed by atoms with Crippen molar-refractivity contribution in [3.8, 4) is 5.75 Å². The maximum Gasteiger partial charge on any atom is 0.188 e. The number of aliphatic imine (C=N–C) groups is 1. The van der Waals surface area contributed by atoms with Crippen LogP contribution in [0.4, 0.5) is 4.39 Å². The van der Waals surface area contributed by atoms with E-state index in [9.17, 15) is 4.39 Å². The minimum absolute atomic E-state index is 0. The molecule has 3 N–H and O–H groups in total. The molecule has 20 heavy (non-hydrogen) atoms. The Balaban J connectivity index is 0.00000361. The fraction of sp³-hybridized carbons (Fsp3) is 0.500. The van der Waals surface area contributed by atoms with Gasteiger partial charge in [-0.25, -0.2) is 9.38 Å². The number of unbranched alkanes of at least 4 members (excludes halogenated alkanes) is 1. The number of ether oxygens (including phenoxy) is 1. The zero-order valence-electron chi connectivity index (χ0n) is 11.9. The lowest BCUT2D eigenvalue weighted by molar-refractivity contribution is 0.230. The number of nitrogens with one attached hydrogen (secondary N) is 1. The average Bonchev–Trinajstić information content (AvgIpc) is 2.39. The Hall–Kier alpha value is -1.05. The van der Waals surface area contributed by atoms with Crippen molar-refractivity contribution in [1.29, 1.82) is 0 Å². The molecule has 0 bridgehead atoms. The van der Waals surface area contributed by atoms with Crippen LogP contribution >= 0.6 is 24.0 Å². The van der Waals surface area contributed by atoms with Crippen molar-refractivity contribution in [1.82, 2.24) is 5.32 Å². The summed E-state index contributed by atoms with van der Waals surface area (Å²) < 4.78 is 18.3. The minimum Gasteiger partial charge on any atom is -0.489 e. The fourth-order valence-electron chi connectivity index (χ4n) is 1.46. The molecule has 0 radical (unpaired) electrons. The summed E-state index contributed by atoms with van der Waals surface area (Å²) in [5.41, 5.74) is 5.71. The normalized spacial score (nSPS) is 12.4. The second kappa shape index (κ2) is 10.7. The molecule has 1 rings (SSSR count). The summed E-state index contributed by atoms with van der Waals surface area (Å²) in [6.07, 6.45) is 2.07. The molecule has 0 heterocycles. The number of hydrogen-bond acceptors (Lipinski definition) is 2. The third-order valence-corrected chi connectivity index (χ3v) is 2.51. The first-order valence-corrected chi connectivity index (χ1v) is 6.57. The lowest BCUT2D eigenvalue weighted by atomic mass is 10.3. The Bertz CT molecular complexity index is 398. The van der Waals surface area contributed by atoms with Gasteiger partial charge in [-0.3, -0.25) is 0 Å². The number of guanidine groups is 1. The molecule has 0 saturated heterocycles. The Morgan fingerprint density at radius 2 is 2.05 bits per heavy atom. The van der Waals surface area contributed by atoms with Gasteiger partial charge >= 0.3 is 0 Å². The molecule has 0 fully saturated rings. The molecule has 1 aromatic rings. The third-order valence-electron chi connectivity index (χ3n) is 2.51. The molecule has 0 spiro atoms. The van der Waals surface area contributed by atoms with Crippen LogP contribution in [0, 0.1) is 5.82 Å². The Morgan fingerprint density at radius 1 is 1.40 bits per heavy atom. The second-order valence-electron chi connectivity index (χ2n) is 4.39. The van der Waals surface area contributed by atoms with Gasteiger partial charge in [-0.05, 0) is 37.6 Å². The van der Waals surface area contributed by atoms with Gasteiger partial charge in [0.05, 0.1) is 6.54 Å². The molecule has 1 atom stereocenters. The lowest BCUT2D eigenvalue weighted by Gasteiger charge is -2.13. The van der Waals surface area contributed by atoms with E-state index in [0.717, 1.165) is 19.4 Å². The summed E-state index contributed by atoms with van der Waals surface area (Å²) in [6, 6.07) is 5.93. The average molecular weight is 395 g/mol. The Labute approximate surface area is 137 Å². The number of nitrogens with two attached hydrogens (primary N) is 1. The number of halogens is 2. The molecule has 0 amide bonds. The topological polar surface area (TPSA) is 59.6 Å². The van der Waals surface area contributed by atoms with Crippen LogP contribution in [0.15, 0.2) is 29.3 Å². The van der Waals surface area contributed by atoms with Crippen molar-refractivity contribution < 1.29 is 9.13 Å². The maximum absolute atomic E-state index is 12.7. The largest absolute Gasteiger partial charge is 0.489 e. The first kappa shape index (κ1) is 18.9. The number of rotatable bonds is 7. The van der Waals surface area contributed by atoms with Crippen LogP contribution in [0.25, 0.3) is 0 Å². The van der Waals surface area contributed by atoms with Crippen LogP contribution in [0.1, 0.15) is 26.7 Å². The molecule has 1 unspecified atom stereocenters. The van der Waals surface area contributed by atoms with E-state index in [1.54, 1.807) is 12.1 Å². The van der Waals surface area contributed by atoms with Gasteiger partial charge in [-0.15, -0.1) is 24.0 Å². The SMILES string of the molecule is CCCCNC(N)=NCC(C)Oc1ccc(F)cc1.I. The molecule has 1 aromatic carbocycles. The summed E-state index contributed by atoms with van der Waals surface area (Å²) in [5, 5.41) is 3.03. The van der Waals surface area contributed by atoms with Crippen LogP contribution in [-0.4, -0.2) is 25.2 Å². The van der Waals surface area contributed by atoms with Crippen LogP contribution in [0.3, 0.4) is 0 Å². The second-order valence-corrected chi connectivity index (χ2v) is 4.39. The predicted octanol–water partition coefficient (Wildman–Crippen LogP) is 2.92.